The van der Waals surface area contributed by atoms with Gasteiger partial charge >= 0.3 is 0 Å². The van der Waals surface area contributed by atoms with Gasteiger partial charge in [0.1, 0.15) is 0 Å². The Balaban J connectivity index is 1.77. The van der Waals surface area contributed by atoms with Gasteiger partial charge in [-0.05, 0) is 66.8 Å². The van der Waals surface area contributed by atoms with Gasteiger partial charge in [-0.25, -0.2) is 27.5 Å². The molecule has 9 heteroatoms. The number of benzene rings is 1. The molecule has 0 saturated carbocycles. The molecule has 172 valence electrons. The highest BCUT2D eigenvalue weighted by molar-refractivity contribution is 5.93. The van der Waals surface area contributed by atoms with E-state index in [0.717, 1.165) is 11.2 Å². The van der Waals surface area contributed by atoms with Crippen molar-refractivity contribution in [1.29, 1.82) is 0 Å². The average Bonchev–Trinajstić information content (AvgIpc) is 3.64. The lowest BCUT2D eigenvalue weighted by atomic mass is 10.0. The molecule has 0 radical (unpaired) electrons. The summed E-state index contributed by atoms with van der Waals surface area (Å²) in [4.78, 5) is 15.4. The number of halogens is 4. The molecule has 0 atom stereocenters. The fourth-order valence-corrected chi connectivity index (χ4v) is 4.13. The van der Waals surface area contributed by atoms with E-state index in [1.807, 2.05) is 24.3 Å². The quantitative estimate of drug-likeness (QED) is 0.146. The maximum Gasteiger partial charge on any atom is 0.198 e. The number of nitrogens with zero attached hydrogens (tertiary/aromatic N) is 2. The highest BCUT2D eigenvalue weighted by Crippen LogP contribution is 2.35. The summed E-state index contributed by atoms with van der Waals surface area (Å²) in [6, 6.07) is 11.2. The predicted molar refractivity (Wildman–Crippen MR) is 129 cm³/mol. The minimum atomic E-state index is -1.90. The van der Waals surface area contributed by atoms with E-state index in [2.05, 4.69) is 19.9 Å². The first-order valence-corrected chi connectivity index (χ1v) is 10.6. The van der Waals surface area contributed by atoms with Crippen LogP contribution in [0, 0.1) is 23.3 Å². The summed E-state index contributed by atoms with van der Waals surface area (Å²) in [7, 11) is 0. The van der Waals surface area contributed by atoms with Gasteiger partial charge in [-0.1, -0.05) is 0 Å². The van der Waals surface area contributed by atoms with Crippen LogP contribution in [0.4, 0.5) is 23.2 Å². The van der Waals surface area contributed by atoms with Crippen LogP contribution in [0.25, 0.3) is 57.5 Å². The summed E-state index contributed by atoms with van der Waals surface area (Å²) in [5.74, 6) is -6.83. The zero-order valence-corrected chi connectivity index (χ0v) is 17.8. The molecule has 0 fully saturated rings. The summed E-state index contributed by atoms with van der Waals surface area (Å²) in [6.07, 6.45) is 6.85. The van der Waals surface area contributed by atoms with Crippen molar-refractivity contribution >= 4 is 52.1 Å². The van der Waals surface area contributed by atoms with Crippen LogP contribution < -0.4 is 5.73 Å². The lowest BCUT2D eigenvalue weighted by molar-refractivity contribution is 0.411. The second kappa shape index (κ2) is 7.69. The second-order valence-corrected chi connectivity index (χ2v) is 8.09. The molecule has 35 heavy (non-hydrogen) atoms. The van der Waals surface area contributed by atoms with Gasteiger partial charge in [0.25, 0.3) is 0 Å². The number of H-pyrrole nitrogens is 2. The fraction of sp³-hybridized carbons (Fsp3) is 0. The van der Waals surface area contributed by atoms with Crippen molar-refractivity contribution in [2.45, 2.75) is 0 Å². The van der Waals surface area contributed by atoms with Gasteiger partial charge < -0.3 is 15.7 Å². The SMILES string of the molecule is Nc1c2nc(c(-c3cc(F)c(F)c(F)c3F)c3ccc(cc4nc(cc5ccc1[nH]5)C=C4)[nH]3)C=C2. The molecule has 4 N–H and O–H groups in total. The molecule has 0 aliphatic carbocycles. The van der Waals surface area contributed by atoms with Crippen LogP contribution in [0.5, 0.6) is 0 Å². The van der Waals surface area contributed by atoms with Gasteiger partial charge in [0.05, 0.1) is 34.0 Å². The van der Waals surface area contributed by atoms with Crippen LogP contribution in [0.15, 0.2) is 42.5 Å². The number of nitrogens with two attached hydrogens (primary N) is 1. The summed E-state index contributed by atoms with van der Waals surface area (Å²) in [5, 5.41) is 0. The third-order valence-corrected chi connectivity index (χ3v) is 5.81. The molecule has 0 unspecified atom stereocenters. The minimum Gasteiger partial charge on any atom is -0.395 e. The Hall–Kier alpha value is -4.66. The van der Waals surface area contributed by atoms with E-state index >= 15 is 0 Å². The lowest BCUT2D eigenvalue weighted by Crippen LogP contribution is -2.00. The highest BCUT2D eigenvalue weighted by Gasteiger charge is 2.23. The highest BCUT2D eigenvalue weighted by atomic mass is 19.2. The molecule has 5 heterocycles. The van der Waals surface area contributed by atoms with Crippen molar-refractivity contribution in [3.05, 3.63) is 88.5 Å². The first kappa shape index (κ1) is 20.9. The fourth-order valence-electron chi connectivity index (χ4n) is 4.13. The Morgan fingerprint density at radius 1 is 0.629 bits per heavy atom. The van der Waals surface area contributed by atoms with Gasteiger partial charge in [-0.15, -0.1) is 0 Å². The Morgan fingerprint density at radius 2 is 1.26 bits per heavy atom. The van der Waals surface area contributed by atoms with Crippen LogP contribution in [0.1, 0.15) is 22.8 Å². The van der Waals surface area contributed by atoms with E-state index in [0.29, 0.717) is 39.7 Å². The topological polar surface area (TPSA) is 83.4 Å². The van der Waals surface area contributed by atoms with Crippen molar-refractivity contribution in [3.8, 4) is 11.1 Å². The third-order valence-electron chi connectivity index (χ3n) is 5.81. The maximum absolute atomic E-state index is 14.9. The number of nitrogen functional groups attached to an aromatic ring is 1. The van der Waals surface area contributed by atoms with E-state index in [1.165, 1.54) is 0 Å². The summed E-state index contributed by atoms with van der Waals surface area (Å²) in [6.45, 7) is 0. The van der Waals surface area contributed by atoms with Crippen LogP contribution in [0.2, 0.25) is 0 Å². The number of hydrogen-bond donors (Lipinski definition) is 3. The molecule has 1 aromatic carbocycles. The first-order chi connectivity index (χ1) is 16.9. The third kappa shape index (κ3) is 3.48. The van der Waals surface area contributed by atoms with E-state index in [-0.39, 0.29) is 11.3 Å². The molecular weight excluding hydrogens is 458 g/mol. The number of hydrogen-bond acceptors (Lipinski definition) is 3. The molecule has 2 aliphatic rings. The summed E-state index contributed by atoms with van der Waals surface area (Å²) < 4.78 is 57.0. The van der Waals surface area contributed by atoms with E-state index < -0.39 is 28.8 Å². The number of fused-ring (bicyclic) bond motifs is 8. The largest absolute Gasteiger partial charge is 0.395 e. The standard InChI is InChI=1S/C26H15F4N5/c27-17-11-16(23(28)25(30)24(17)29)22-18-5-3-14(33-18)9-12-1-2-13(32-12)10-15-4-6-20(34-15)26(31)21-8-7-19(22)35-21/h1-11,33-34H,31H2. The van der Waals surface area contributed by atoms with E-state index in [9.17, 15) is 17.6 Å². The van der Waals surface area contributed by atoms with Crippen molar-refractivity contribution in [3.63, 3.8) is 0 Å². The van der Waals surface area contributed by atoms with Crippen LogP contribution in [-0.2, 0) is 0 Å². The van der Waals surface area contributed by atoms with Crippen LogP contribution in [0.3, 0.4) is 0 Å². The average molecular weight is 473 g/mol. The zero-order valence-electron chi connectivity index (χ0n) is 17.8. The normalized spacial score (nSPS) is 12.5. The number of aromatic amines is 2. The van der Waals surface area contributed by atoms with Gasteiger partial charge in [0.2, 0.25) is 0 Å². The van der Waals surface area contributed by atoms with Crippen LogP contribution in [-0.4, -0.2) is 19.9 Å². The van der Waals surface area contributed by atoms with E-state index in [4.69, 9.17) is 5.73 Å². The molecule has 8 bridgehead atoms. The second-order valence-electron chi connectivity index (χ2n) is 8.09. The Morgan fingerprint density at radius 3 is 1.97 bits per heavy atom. The van der Waals surface area contributed by atoms with Crippen LogP contribution >= 0.6 is 0 Å². The lowest BCUT2D eigenvalue weighted by Gasteiger charge is -2.08. The Kier molecular flexibility index (Phi) is 4.60. The maximum atomic E-state index is 14.9. The minimum absolute atomic E-state index is 0.0442. The molecule has 0 spiro atoms. The van der Waals surface area contributed by atoms with Gasteiger partial charge in [-0.2, -0.15) is 0 Å². The predicted octanol–water partition coefficient (Wildman–Crippen LogP) is 6.46. The van der Waals surface area contributed by atoms with Crippen molar-refractivity contribution in [2.75, 3.05) is 5.73 Å². The first-order valence-electron chi connectivity index (χ1n) is 10.6. The Bertz CT molecular complexity index is 1760. The van der Waals surface area contributed by atoms with Crippen molar-refractivity contribution in [1.82, 2.24) is 19.9 Å². The molecule has 5 nitrogen and oxygen atoms in total. The van der Waals surface area contributed by atoms with E-state index in [1.54, 1.807) is 36.4 Å². The number of rotatable bonds is 1. The van der Waals surface area contributed by atoms with Gasteiger partial charge in [-0.3, -0.25) is 0 Å². The van der Waals surface area contributed by atoms with Crippen molar-refractivity contribution in [2.24, 2.45) is 0 Å². The summed E-state index contributed by atoms with van der Waals surface area (Å²) in [5.41, 5.74) is 10.5. The molecule has 3 aromatic heterocycles. The molecule has 4 aromatic rings. The van der Waals surface area contributed by atoms with Gasteiger partial charge in [0.15, 0.2) is 23.3 Å². The number of aromatic nitrogens is 4. The number of nitrogens with one attached hydrogen (secondary N) is 2. The number of anilines is 1. The monoisotopic (exact) mass is 473 g/mol. The molecule has 0 saturated heterocycles. The van der Waals surface area contributed by atoms with Crippen molar-refractivity contribution < 1.29 is 17.6 Å². The molecule has 0 amide bonds. The Labute approximate surface area is 195 Å². The molecule has 6 rings (SSSR count). The summed E-state index contributed by atoms with van der Waals surface area (Å²) >= 11 is 0. The molecular formula is C26H15F4N5. The smallest absolute Gasteiger partial charge is 0.198 e. The van der Waals surface area contributed by atoms with Gasteiger partial charge in [0, 0.05) is 27.7 Å². The zero-order chi connectivity index (χ0) is 24.3. The molecule has 2 aliphatic heterocycles.